The number of aryl methyl sites for hydroxylation is 1. The van der Waals surface area contributed by atoms with Crippen molar-refractivity contribution in [3.8, 4) is 5.75 Å². The molecule has 0 aliphatic heterocycles. The van der Waals surface area contributed by atoms with Crippen molar-refractivity contribution in [2.75, 3.05) is 13.2 Å². The van der Waals surface area contributed by atoms with Gasteiger partial charge in [-0.05, 0) is 32.4 Å². The molecule has 0 aliphatic rings. The van der Waals surface area contributed by atoms with Crippen molar-refractivity contribution in [1.82, 2.24) is 5.32 Å². The van der Waals surface area contributed by atoms with Gasteiger partial charge in [-0.15, -0.1) is 24.0 Å². The van der Waals surface area contributed by atoms with E-state index in [0.29, 0.717) is 25.7 Å². The van der Waals surface area contributed by atoms with Crippen LogP contribution < -0.4 is 15.8 Å². The molecule has 0 heterocycles. The third-order valence-corrected chi connectivity index (χ3v) is 2.51. The lowest BCUT2D eigenvalue weighted by Crippen LogP contribution is -2.32. The summed E-state index contributed by atoms with van der Waals surface area (Å²) in [7, 11) is 0. The standard InChI is InChI=1S/C15H23N3O.HI/c1-5-19-14-8-12(4)6-7-13(14)10-18-15(16)17-9-11(2)3;/h6-8H,2,5,9-10H2,1,3-4H3,(H3,16,17,18);1H. The first kappa shape index (κ1) is 18.8. The molecule has 0 aromatic heterocycles. The van der Waals surface area contributed by atoms with Crippen molar-refractivity contribution < 1.29 is 4.74 Å². The molecule has 0 amide bonds. The van der Waals surface area contributed by atoms with E-state index in [0.717, 1.165) is 16.9 Å². The molecular formula is C15H24IN3O. The van der Waals surface area contributed by atoms with E-state index < -0.39 is 0 Å². The fourth-order valence-electron chi connectivity index (χ4n) is 1.55. The van der Waals surface area contributed by atoms with Crippen molar-refractivity contribution in [3.05, 3.63) is 41.5 Å². The first-order valence-electron chi connectivity index (χ1n) is 6.43. The number of halogens is 1. The maximum absolute atomic E-state index is 5.78. The van der Waals surface area contributed by atoms with Crippen molar-refractivity contribution in [2.24, 2.45) is 10.7 Å². The second kappa shape index (κ2) is 9.63. The van der Waals surface area contributed by atoms with Gasteiger partial charge in [0.05, 0.1) is 13.2 Å². The molecule has 0 atom stereocenters. The molecule has 5 heteroatoms. The number of nitrogens with zero attached hydrogens (tertiary/aromatic N) is 1. The molecule has 1 rings (SSSR count). The Morgan fingerprint density at radius 1 is 1.45 bits per heavy atom. The summed E-state index contributed by atoms with van der Waals surface area (Å²) in [5.41, 5.74) is 9.00. The van der Waals surface area contributed by atoms with Crippen LogP contribution in [0.25, 0.3) is 0 Å². The van der Waals surface area contributed by atoms with Crippen molar-refractivity contribution >= 4 is 29.9 Å². The lowest BCUT2D eigenvalue weighted by molar-refractivity contribution is 0.336. The summed E-state index contributed by atoms with van der Waals surface area (Å²) >= 11 is 0. The number of ether oxygens (including phenoxy) is 1. The van der Waals surface area contributed by atoms with Crippen LogP contribution in [0.1, 0.15) is 25.0 Å². The second-order valence-electron chi connectivity index (χ2n) is 4.56. The maximum Gasteiger partial charge on any atom is 0.189 e. The Labute approximate surface area is 138 Å². The van der Waals surface area contributed by atoms with Crippen molar-refractivity contribution in [3.63, 3.8) is 0 Å². The van der Waals surface area contributed by atoms with Crippen LogP contribution in [0, 0.1) is 6.92 Å². The van der Waals surface area contributed by atoms with Gasteiger partial charge in [0.15, 0.2) is 5.96 Å². The van der Waals surface area contributed by atoms with Gasteiger partial charge in [-0.3, -0.25) is 0 Å². The zero-order valence-electron chi connectivity index (χ0n) is 12.4. The molecule has 4 nitrogen and oxygen atoms in total. The minimum absolute atomic E-state index is 0. The van der Waals surface area contributed by atoms with Crippen molar-refractivity contribution in [2.45, 2.75) is 27.3 Å². The van der Waals surface area contributed by atoms with Crippen LogP contribution in [0.5, 0.6) is 5.75 Å². The molecule has 0 saturated heterocycles. The third-order valence-electron chi connectivity index (χ3n) is 2.51. The summed E-state index contributed by atoms with van der Waals surface area (Å²) < 4.78 is 5.60. The quantitative estimate of drug-likeness (QED) is 0.340. The Bertz CT molecular complexity index is 472. The highest BCUT2D eigenvalue weighted by molar-refractivity contribution is 14.0. The van der Waals surface area contributed by atoms with Crippen LogP contribution in [0.3, 0.4) is 0 Å². The molecule has 0 spiro atoms. The number of rotatable bonds is 6. The third kappa shape index (κ3) is 6.79. The SMILES string of the molecule is C=C(C)CNC(N)=NCc1ccc(C)cc1OCC.I. The number of nitrogens with one attached hydrogen (secondary N) is 1. The van der Waals surface area contributed by atoms with E-state index >= 15 is 0 Å². The van der Waals surface area contributed by atoms with Gasteiger partial charge in [0, 0.05) is 12.1 Å². The molecule has 112 valence electrons. The van der Waals surface area contributed by atoms with Crippen LogP contribution >= 0.6 is 24.0 Å². The molecular weight excluding hydrogens is 365 g/mol. The Kier molecular flexibility index (Phi) is 9.03. The number of hydrogen-bond acceptors (Lipinski definition) is 2. The fraction of sp³-hybridized carbons (Fsp3) is 0.400. The number of benzene rings is 1. The second-order valence-corrected chi connectivity index (χ2v) is 4.56. The number of hydrogen-bond donors (Lipinski definition) is 2. The van der Waals surface area contributed by atoms with Gasteiger partial charge in [0.25, 0.3) is 0 Å². The van der Waals surface area contributed by atoms with E-state index in [-0.39, 0.29) is 24.0 Å². The first-order valence-corrected chi connectivity index (χ1v) is 6.43. The molecule has 20 heavy (non-hydrogen) atoms. The van der Waals surface area contributed by atoms with E-state index in [4.69, 9.17) is 10.5 Å². The number of aliphatic imine (C=N–C) groups is 1. The number of nitrogens with two attached hydrogens (primary N) is 1. The summed E-state index contributed by atoms with van der Waals surface area (Å²) in [6.45, 7) is 11.5. The highest BCUT2D eigenvalue weighted by Gasteiger charge is 2.03. The van der Waals surface area contributed by atoms with Crippen LogP contribution in [-0.2, 0) is 6.54 Å². The molecule has 0 radical (unpaired) electrons. The molecule has 1 aromatic carbocycles. The van der Waals surface area contributed by atoms with Gasteiger partial charge in [0.2, 0.25) is 0 Å². The highest BCUT2D eigenvalue weighted by atomic mass is 127. The van der Waals surface area contributed by atoms with Gasteiger partial charge in [0.1, 0.15) is 5.75 Å². The highest BCUT2D eigenvalue weighted by Crippen LogP contribution is 2.21. The fourth-order valence-corrected chi connectivity index (χ4v) is 1.55. The van der Waals surface area contributed by atoms with E-state index in [1.54, 1.807) is 0 Å². The van der Waals surface area contributed by atoms with Gasteiger partial charge in [-0.25, -0.2) is 4.99 Å². The van der Waals surface area contributed by atoms with E-state index in [1.165, 1.54) is 5.56 Å². The Balaban J connectivity index is 0.00000361. The molecule has 0 fully saturated rings. The average Bonchev–Trinajstić information content (AvgIpc) is 2.35. The topological polar surface area (TPSA) is 59.6 Å². The Hall–Kier alpha value is -1.24. The minimum Gasteiger partial charge on any atom is -0.494 e. The molecule has 0 aliphatic carbocycles. The lowest BCUT2D eigenvalue weighted by atomic mass is 10.1. The molecule has 0 saturated carbocycles. The average molecular weight is 389 g/mol. The minimum atomic E-state index is 0. The molecule has 0 unspecified atom stereocenters. The number of guanidine groups is 1. The maximum atomic E-state index is 5.78. The smallest absolute Gasteiger partial charge is 0.189 e. The summed E-state index contributed by atoms with van der Waals surface area (Å²) in [5.74, 6) is 1.30. The molecule has 1 aromatic rings. The van der Waals surface area contributed by atoms with E-state index in [9.17, 15) is 0 Å². The van der Waals surface area contributed by atoms with E-state index in [1.807, 2.05) is 39.0 Å². The normalized spacial score (nSPS) is 10.7. The van der Waals surface area contributed by atoms with Crippen molar-refractivity contribution in [1.29, 1.82) is 0 Å². The monoisotopic (exact) mass is 389 g/mol. The van der Waals surface area contributed by atoms with Gasteiger partial charge >= 0.3 is 0 Å². The van der Waals surface area contributed by atoms with Crippen LogP contribution in [0.2, 0.25) is 0 Å². The largest absolute Gasteiger partial charge is 0.494 e. The zero-order chi connectivity index (χ0) is 14.3. The van der Waals surface area contributed by atoms with Crippen LogP contribution in [-0.4, -0.2) is 19.1 Å². The lowest BCUT2D eigenvalue weighted by Gasteiger charge is -2.10. The Morgan fingerprint density at radius 3 is 2.75 bits per heavy atom. The van der Waals surface area contributed by atoms with Crippen LogP contribution in [0.4, 0.5) is 0 Å². The summed E-state index contributed by atoms with van der Waals surface area (Å²) in [6.07, 6.45) is 0. The van der Waals surface area contributed by atoms with Crippen LogP contribution in [0.15, 0.2) is 35.3 Å². The predicted octanol–water partition coefficient (Wildman–Crippen LogP) is 2.99. The Morgan fingerprint density at radius 2 is 2.15 bits per heavy atom. The van der Waals surface area contributed by atoms with Gasteiger partial charge < -0.3 is 15.8 Å². The molecule has 3 N–H and O–H groups in total. The predicted molar refractivity (Wildman–Crippen MR) is 95.9 cm³/mol. The van der Waals surface area contributed by atoms with Gasteiger partial charge in [-0.1, -0.05) is 24.3 Å². The summed E-state index contributed by atoms with van der Waals surface area (Å²) in [5, 5.41) is 3.00. The summed E-state index contributed by atoms with van der Waals surface area (Å²) in [6, 6.07) is 6.09. The first-order chi connectivity index (χ1) is 9.02. The zero-order valence-corrected chi connectivity index (χ0v) is 14.7. The summed E-state index contributed by atoms with van der Waals surface area (Å²) in [4.78, 5) is 4.30. The van der Waals surface area contributed by atoms with Gasteiger partial charge in [-0.2, -0.15) is 0 Å². The van der Waals surface area contributed by atoms with E-state index in [2.05, 4.69) is 16.9 Å². The molecule has 0 bridgehead atoms.